The molecule has 0 bridgehead atoms. The number of amides is 13. The zero-order chi connectivity index (χ0) is 54.1. The lowest BCUT2D eigenvalue weighted by Crippen LogP contribution is -2.54. The minimum absolute atomic E-state index is 0.0563. The molecule has 400 valence electrons. The Hall–Kier alpha value is -7.50. The van der Waals surface area contributed by atoms with Crippen LogP contribution in [0.25, 0.3) is 0 Å². The standard InChI is InChI=1S/C41H70N14O16/c1-22(51-39(68)25(9-4-6-15-42)55-30(59)14-13-27(56)36(44)65)37(66)50-21-35(64)49-20-34(63)48-19-33(62)47-18-32(61)46-17-31(60)45-16-7-5-10-26(54-29(58)12-8-11-28(43)57)40(69)52-23(2)38(67)53-24(3)41(70)71/h22-27,56H,4-21,42H2,1-3H3,(H2,43,57)(H2,44,65)(H,45,60)(H,46,61)(H,47,62)(H,48,63)(H,49,64)(H,50,66)(H,51,68)(H,52,69)(H,53,67)(H,54,58)(H,55,59)(H,70,71)/t22-,23-,24-,25+,26+,27?/m1/s1. The third kappa shape index (κ3) is 31.3. The predicted molar refractivity (Wildman–Crippen MR) is 247 cm³/mol. The lowest BCUT2D eigenvalue weighted by atomic mass is 10.1. The number of aliphatic hydroxyl groups excluding tert-OH is 1. The molecule has 0 spiro atoms. The van der Waals surface area contributed by atoms with Crippen molar-refractivity contribution in [1.82, 2.24) is 58.5 Å². The van der Waals surface area contributed by atoms with Gasteiger partial charge in [-0.2, -0.15) is 0 Å². The van der Waals surface area contributed by atoms with E-state index >= 15 is 0 Å². The molecule has 0 aliphatic heterocycles. The highest BCUT2D eigenvalue weighted by atomic mass is 16.4. The van der Waals surface area contributed by atoms with Crippen LogP contribution in [-0.4, -0.2) is 175 Å². The van der Waals surface area contributed by atoms with Gasteiger partial charge in [0, 0.05) is 25.8 Å². The van der Waals surface area contributed by atoms with Gasteiger partial charge >= 0.3 is 5.97 Å². The highest BCUT2D eigenvalue weighted by Crippen LogP contribution is 2.06. The first-order valence-electron chi connectivity index (χ1n) is 22.7. The largest absolute Gasteiger partial charge is 0.480 e. The highest BCUT2D eigenvalue weighted by molar-refractivity contribution is 5.95. The number of carbonyl (C=O) groups is 14. The molecule has 13 amide bonds. The zero-order valence-corrected chi connectivity index (χ0v) is 40.0. The van der Waals surface area contributed by atoms with Gasteiger partial charge in [0.25, 0.3) is 0 Å². The molecule has 0 fully saturated rings. The molecule has 0 aliphatic carbocycles. The van der Waals surface area contributed by atoms with Gasteiger partial charge < -0.3 is 85.9 Å². The fourth-order valence-corrected chi connectivity index (χ4v) is 5.61. The number of carboxylic acids is 1. The predicted octanol–water partition coefficient (Wildman–Crippen LogP) is -8.17. The van der Waals surface area contributed by atoms with E-state index in [2.05, 4.69) is 58.5 Å². The first-order valence-corrected chi connectivity index (χ1v) is 22.7. The van der Waals surface area contributed by atoms with Crippen LogP contribution in [0.1, 0.15) is 91.4 Å². The third-order valence-electron chi connectivity index (χ3n) is 9.73. The van der Waals surface area contributed by atoms with E-state index < -0.39 is 152 Å². The zero-order valence-electron chi connectivity index (χ0n) is 40.0. The van der Waals surface area contributed by atoms with Gasteiger partial charge in [0.15, 0.2) is 0 Å². The number of nitrogens with one attached hydrogen (secondary N) is 11. The minimum atomic E-state index is -1.55. The summed E-state index contributed by atoms with van der Waals surface area (Å²) in [5, 5.41) is 44.4. The monoisotopic (exact) mass is 1010 g/mol. The normalized spacial score (nSPS) is 13.1. The quantitative estimate of drug-likeness (QED) is 0.0257. The Kier molecular flexibility index (Phi) is 31.8. The summed E-state index contributed by atoms with van der Waals surface area (Å²) >= 11 is 0. The van der Waals surface area contributed by atoms with Gasteiger partial charge in [0.2, 0.25) is 76.8 Å². The average Bonchev–Trinajstić information content (AvgIpc) is 3.30. The summed E-state index contributed by atoms with van der Waals surface area (Å²) in [6.07, 6.45) is -0.402. The van der Waals surface area contributed by atoms with E-state index in [0.717, 1.165) is 0 Å². The van der Waals surface area contributed by atoms with Gasteiger partial charge in [-0.3, -0.25) is 67.1 Å². The van der Waals surface area contributed by atoms with Crippen molar-refractivity contribution in [3.05, 3.63) is 0 Å². The van der Waals surface area contributed by atoms with Crippen molar-refractivity contribution in [2.24, 2.45) is 17.2 Å². The Morgan fingerprint density at radius 1 is 0.423 bits per heavy atom. The molecule has 0 aromatic heterocycles. The SMILES string of the molecule is C[C@@H](NC(=O)[C@@H](C)NC(=O)[C@H](CCCCNC(=O)CNC(=O)CNC(=O)CNC(=O)CNC(=O)CNC(=O)[C@@H](C)NC(=O)[C@H](CCCCN)NC(=O)CCC(O)C(N)=O)NC(=O)CCCC(N)=O)C(=O)O. The first-order chi connectivity index (χ1) is 33.4. The van der Waals surface area contributed by atoms with Crippen molar-refractivity contribution < 1.29 is 77.3 Å². The molecule has 30 heteroatoms. The summed E-state index contributed by atoms with van der Waals surface area (Å²) in [6, 6.07) is -5.79. The fraction of sp³-hybridized carbons (Fsp3) is 0.659. The molecule has 71 heavy (non-hydrogen) atoms. The van der Waals surface area contributed by atoms with Gasteiger partial charge in [0.1, 0.15) is 36.3 Å². The number of aliphatic hydroxyl groups is 1. The van der Waals surface area contributed by atoms with Gasteiger partial charge in [-0.1, -0.05) is 0 Å². The molecule has 30 nitrogen and oxygen atoms in total. The lowest BCUT2D eigenvalue weighted by molar-refractivity contribution is -0.141. The second kappa shape index (κ2) is 35.6. The molecule has 0 rings (SSSR count). The Bertz CT molecular complexity index is 1890. The summed E-state index contributed by atoms with van der Waals surface area (Å²) in [5.41, 5.74) is 15.6. The average molecular weight is 1020 g/mol. The van der Waals surface area contributed by atoms with Crippen molar-refractivity contribution >= 4 is 82.8 Å². The molecule has 0 aliphatic rings. The van der Waals surface area contributed by atoms with Gasteiger partial charge in [-0.25, -0.2) is 0 Å². The Balaban J connectivity index is 4.64. The van der Waals surface area contributed by atoms with Crippen LogP contribution < -0.4 is 75.7 Å². The maximum atomic E-state index is 13.0. The van der Waals surface area contributed by atoms with Crippen molar-refractivity contribution in [2.75, 3.05) is 45.8 Å². The third-order valence-corrected chi connectivity index (χ3v) is 9.73. The van der Waals surface area contributed by atoms with Crippen LogP contribution in [0.2, 0.25) is 0 Å². The van der Waals surface area contributed by atoms with Crippen LogP contribution in [0.15, 0.2) is 0 Å². The molecule has 1 unspecified atom stereocenters. The number of unbranched alkanes of at least 4 members (excludes halogenated alkanes) is 2. The molecular formula is C41H70N14O16. The number of carbonyl (C=O) groups excluding carboxylic acids is 13. The Labute approximate surface area is 408 Å². The van der Waals surface area contributed by atoms with E-state index in [1.807, 2.05) is 0 Å². The Morgan fingerprint density at radius 2 is 0.831 bits per heavy atom. The van der Waals surface area contributed by atoms with E-state index in [-0.39, 0.29) is 57.9 Å². The van der Waals surface area contributed by atoms with Crippen LogP contribution in [0, 0.1) is 0 Å². The second-order valence-corrected chi connectivity index (χ2v) is 16.0. The van der Waals surface area contributed by atoms with Crippen molar-refractivity contribution in [3.63, 3.8) is 0 Å². The molecule has 0 aromatic rings. The van der Waals surface area contributed by atoms with Crippen molar-refractivity contribution in [3.8, 4) is 0 Å². The number of rotatable bonds is 37. The molecule has 0 aromatic carbocycles. The second-order valence-electron chi connectivity index (χ2n) is 16.0. The van der Waals surface area contributed by atoms with Gasteiger partial charge in [-0.15, -0.1) is 0 Å². The molecule has 19 N–H and O–H groups in total. The molecule has 0 saturated carbocycles. The number of nitrogens with two attached hydrogens (primary N) is 3. The number of aliphatic carboxylic acids is 1. The van der Waals surface area contributed by atoms with E-state index in [1.54, 1.807) is 0 Å². The van der Waals surface area contributed by atoms with E-state index in [4.69, 9.17) is 22.3 Å². The molecule has 0 heterocycles. The van der Waals surface area contributed by atoms with E-state index in [9.17, 15) is 72.2 Å². The first kappa shape index (κ1) is 63.5. The summed E-state index contributed by atoms with van der Waals surface area (Å²) in [5.74, 6) is -10.9. The summed E-state index contributed by atoms with van der Waals surface area (Å²) in [4.78, 5) is 170. The number of hydrogen-bond donors (Lipinski definition) is 16. The van der Waals surface area contributed by atoms with Gasteiger partial charge in [-0.05, 0) is 78.7 Å². The smallest absolute Gasteiger partial charge is 0.325 e. The van der Waals surface area contributed by atoms with E-state index in [0.29, 0.717) is 25.8 Å². The van der Waals surface area contributed by atoms with Crippen LogP contribution >= 0.6 is 0 Å². The summed E-state index contributed by atoms with van der Waals surface area (Å²) in [7, 11) is 0. The van der Waals surface area contributed by atoms with Crippen LogP contribution in [-0.2, 0) is 67.1 Å². The van der Waals surface area contributed by atoms with E-state index in [1.165, 1.54) is 20.8 Å². The fourth-order valence-electron chi connectivity index (χ4n) is 5.61. The topological polar surface area (TPSA) is 490 Å². The molecule has 6 atom stereocenters. The number of primary amides is 2. The Morgan fingerprint density at radius 3 is 1.27 bits per heavy atom. The van der Waals surface area contributed by atoms with Gasteiger partial charge in [0.05, 0.1) is 32.7 Å². The van der Waals surface area contributed by atoms with Crippen molar-refractivity contribution in [2.45, 2.75) is 128 Å². The highest BCUT2D eigenvalue weighted by Gasteiger charge is 2.27. The molecule has 0 saturated heterocycles. The molecular weight excluding hydrogens is 945 g/mol. The van der Waals surface area contributed by atoms with Crippen LogP contribution in [0.3, 0.4) is 0 Å². The maximum absolute atomic E-state index is 13.0. The maximum Gasteiger partial charge on any atom is 0.325 e. The summed E-state index contributed by atoms with van der Waals surface area (Å²) < 4.78 is 0. The van der Waals surface area contributed by atoms with Crippen LogP contribution in [0.5, 0.6) is 0 Å². The number of carboxylic acid groups (broad SMARTS) is 1. The number of hydrogen-bond acceptors (Lipinski definition) is 16. The molecule has 0 radical (unpaired) electrons. The summed E-state index contributed by atoms with van der Waals surface area (Å²) in [6.45, 7) is 1.43. The lowest BCUT2D eigenvalue weighted by Gasteiger charge is -2.22. The minimum Gasteiger partial charge on any atom is -0.480 e. The van der Waals surface area contributed by atoms with Crippen molar-refractivity contribution in [1.29, 1.82) is 0 Å². The van der Waals surface area contributed by atoms with Crippen LogP contribution in [0.4, 0.5) is 0 Å².